The Bertz CT molecular complexity index is 792. The molecule has 2 aromatic rings. The maximum absolute atomic E-state index is 11.3. The summed E-state index contributed by atoms with van der Waals surface area (Å²) in [6.45, 7) is 0. The Morgan fingerprint density at radius 1 is 1.29 bits per heavy atom. The van der Waals surface area contributed by atoms with Crippen molar-refractivity contribution in [3.8, 4) is 5.75 Å². The molecule has 1 aliphatic heterocycles. The van der Waals surface area contributed by atoms with Crippen molar-refractivity contribution in [1.82, 2.24) is 4.98 Å². The molecule has 1 aliphatic rings. The smallest absolute Gasteiger partial charge is 0.546 e. The van der Waals surface area contributed by atoms with Crippen molar-refractivity contribution in [1.29, 1.82) is 0 Å². The monoisotopic (exact) mass is 497 g/mol. The second-order valence-corrected chi connectivity index (χ2v) is 6.99. The maximum Gasteiger partial charge on any atom is 1.00 e. The Hall–Kier alpha value is -0.480. The van der Waals surface area contributed by atoms with E-state index in [4.69, 9.17) is 21.1 Å². The molecule has 11 nitrogen and oxygen atoms in total. The van der Waals surface area contributed by atoms with Crippen LogP contribution in [-0.4, -0.2) is 70.8 Å². The first-order chi connectivity index (χ1) is 11.2. The SMILES string of the molecule is O.O.O.O=C([O-])C1(Br)O[C@@H](Oc2c[nH]c3ccccc23)[C@H](O)[C@@H](O)C1(O)Cl.[Na+]. The van der Waals surface area contributed by atoms with Gasteiger partial charge in [0.2, 0.25) is 15.9 Å². The van der Waals surface area contributed by atoms with Crippen LogP contribution in [0.1, 0.15) is 0 Å². The van der Waals surface area contributed by atoms with Crippen molar-refractivity contribution in [2.75, 3.05) is 0 Å². The molecule has 1 aromatic heterocycles. The predicted octanol–water partition coefficient (Wildman–Crippen LogP) is -6.08. The Labute approximate surface area is 193 Å². The number of carbonyl (C=O) groups is 1. The van der Waals surface area contributed by atoms with Gasteiger partial charge in [-0.25, -0.2) is 0 Å². The van der Waals surface area contributed by atoms with Gasteiger partial charge in [0.05, 0.1) is 5.97 Å². The van der Waals surface area contributed by atoms with Crippen molar-refractivity contribution in [3.05, 3.63) is 30.5 Å². The number of carbonyl (C=O) groups excluding carboxylic acids is 1. The molecule has 1 fully saturated rings. The fourth-order valence-electron chi connectivity index (χ4n) is 2.43. The van der Waals surface area contributed by atoms with Crippen LogP contribution < -0.4 is 39.4 Å². The molecule has 0 spiro atoms. The number of carboxylic acid groups (broad SMARTS) is 1. The number of fused-ring (bicyclic) bond motifs is 1. The molecule has 1 saturated heterocycles. The molecule has 10 N–H and O–H groups in total. The second kappa shape index (κ2) is 10.5. The quantitative estimate of drug-likeness (QED) is 0.236. The molecule has 0 aliphatic carbocycles. The number of aliphatic hydroxyl groups excluding tert-OH is 2. The third kappa shape index (κ3) is 4.64. The van der Waals surface area contributed by atoms with E-state index in [1.165, 1.54) is 6.20 Å². The van der Waals surface area contributed by atoms with Crippen LogP contribution in [0.4, 0.5) is 0 Å². The zero-order chi connectivity index (χ0) is 17.7. The van der Waals surface area contributed by atoms with Crippen LogP contribution >= 0.6 is 27.5 Å². The number of benzene rings is 1. The molecule has 0 amide bonds. The summed E-state index contributed by atoms with van der Waals surface area (Å²) in [6.07, 6.45) is -4.09. The van der Waals surface area contributed by atoms with E-state index in [0.29, 0.717) is 5.39 Å². The van der Waals surface area contributed by atoms with Gasteiger partial charge in [-0.05, 0) is 28.1 Å². The summed E-state index contributed by atoms with van der Waals surface area (Å²) >= 11 is 8.27. The van der Waals surface area contributed by atoms with Crippen LogP contribution in [0.3, 0.4) is 0 Å². The van der Waals surface area contributed by atoms with E-state index < -0.39 is 34.0 Å². The molecule has 0 bridgehead atoms. The van der Waals surface area contributed by atoms with E-state index in [2.05, 4.69) is 20.9 Å². The Balaban J connectivity index is 0. The summed E-state index contributed by atoms with van der Waals surface area (Å²) in [6, 6.07) is 7.06. The summed E-state index contributed by atoms with van der Waals surface area (Å²) in [5, 5.41) is 39.2. The zero-order valence-corrected chi connectivity index (χ0v) is 18.7. The largest absolute Gasteiger partial charge is 1.00 e. The molecule has 14 heteroatoms. The van der Waals surface area contributed by atoms with E-state index in [0.717, 1.165) is 5.52 Å². The Kier molecular flexibility index (Phi) is 11.2. The first-order valence-electron chi connectivity index (χ1n) is 6.77. The molecule has 0 saturated carbocycles. The molecule has 3 rings (SSSR count). The number of ether oxygens (including phenoxy) is 2. The van der Waals surface area contributed by atoms with Crippen molar-refractivity contribution in [2.45, 2.75) is 28.1 Å². The third-order valence-electron chi connectivity index (χ3n) is 3.78. The second-order valence-electron chi connectivity index (χ2n) is 5.29. The normalized spacial score (nSPS) is 31.4. The molecule has 2 unspecified atom stereocenters. The number of para-hydroxylation sites is 1. The molecule has 5 atom stereocenters. The van der Waals surface area contributed by atoms with Crippen molar-refractivity contribution >= 4 is 44.4 Å². The molecule has 0 radical (unpaired) electrons. The fraction of sp³-hybridized carbons (Fsp3) is 0.357. The van der Waals surface area contributed by atoms with Crippen LogP contribution in [0.15, 0.2) is 30.5 Å². The van der Waals surface area contributed by atoms with Crippen molar-refractivity contribution in [3.63, 3.8) is 0 Å². The van der Waals surface area contributed by atoms with E-state index in [1.807, 2.05) is 0 Å². The topological polar surface area (TPSA) is 230 Å². The van der Waals surface area contributed by atoms with Crippen molar-refractivity contribution in [2.24, 2.45) is 0 Å². The number of aromatic nitrogens is 1. The predicted molar refractivity (Wildman–Crippen MR) is 94.1 cm³/mol. The number of nitrogens with one attached hydrogen (secondary N) is 1. The number of aliphatic carboxylic acids is 1. The van der Waals surface area contributed by atoms with Gasteiger partial charge >= 0.3 is 29.6 Å². The van der Waals surface area contributed by atoms with Crippen LogP contribution in [0.2, 0.25) is 0 Å². The van der Waals surface area contributed by atoms with Gasteiger partial charge in [0.15, 0.2) is 0 Å². The minimum Gasteiger partial charge on any atom is -0.546 e. The average molecular weight is 499 g/mol. The van der Waals surface area contributed by atoms with Gasteiger partial charge in [-0.3, -0.25) is 0 Å². The number of aliphatic hydroxyl groups is 3. The summed E-state index contributed by atoms with van der Waals surface area (Å²) in [4.78, 5) is 14.2. The Morgan fingerprint density at radius 2 is 1.86 bits per heavy atom. The summed E-state index contributed by atoms with van der Waals surface area (Å²) in [5.74, 6) is -1.70. The molecule has 1 aromatic carbocycles. The van der Waals surface area contributed by atoms with E-state index in [-0.39, 0.29) is 51.7 Å². The standard InChI is InChI=1S/C14H13BrClNO7.Na.3H2O/c15-13(12(20)21)14(16,22)10(19)9(18)11(24-13)23-8-5-17-7-4-2-1-3-6(7)8;;;;/h1-5,9-11,17-19,22H,(H,20,21);;3*1H2/q;+1;;;/p-1/t9-,10-,11-,13?,14?;;;;/m1..../s1. The van der Waals surface area contributed by atoms with Crippen LogP contribution in [0.5, 0.6) is 5.75 Å². The molecular formula is C14H18BrClNNaO10. The Morgan fingerprint density at radius 3 is 2.43 bits per heavy atom. The van der Waals surface area contributed by atoms with Gasteiger partial charge < -0.3 is 56.1 Å². The average Bonchev–Trinajstić information content (AvgIpc) is 2.94. The third-order valence-corrected chi connectivity index (χ3v) is 5.61. The maximum atomic E-state index is 11.3. The van der Waals surface area contributed by atoms with Gasteiger partial charge in [0, 0.05) is 17.1 Å². The number of carboxylic acids is 1. The number of aromatic amines is 1. The minimum atomic E-state index is -2.88. The van der Waals surface area contributed by atoms with Gasteiger partial charge in [0.25, 0.3) is 0 Å². The number of halogens is 2. The fourth-order valence-corrected chi connectivity index (χ4v) is 3.10. The first-order valence-corrected chi connectivity index (χ1v) is 7.94. The number of alkyl halides is 2. The van der Waals surface area contributed by atoms with Crippen LogP contribution in [0.25, 0.3) is 10.9 Å². The van der Waals surface area contributed by atoms with Crippen molar-refractivity contribution < 1.29 is 80.7 Å². The molecule has 28 heavy (non-hydrogen) atoms. The number of hydrogen-bond acceptors (Lipinski definition) is 7. The van der Waals surface area contributed by atoms with Crippen LogP contribution in [0, 0.1) is 0 Å². The van der Waals surface area contributed by atoms with Gasteiger partial charge in [-0.15, -0.1) is 0 Å². The minimum absolute atomic E-state index is 0. The van der Waals surface area contributed by atoms with Crippen LogP contribution in [-0.2, 0) is 9.53 Å². The molecule has 2 heterocycles. The summed E-state index contributed by atoms with van der Waals surface area (Å²) in [7, 11) is 0. The first kappa shape index (κ1) is 29.7. The van der Waals surface area contributed by atoms with E-state index in [9.17, 15) is 25.2 Å². The summed E-state index contributed by atoms with van der Waals surface area (Å²) in [5.41, 5.74) is 0.734. The number of hydrogen-bond donors (Lipinski definition) is 4. The van der Waals surface area contributed by atoms with E-state index >= 15 is 0 Å². The van der Waals surface area contributed by atoms with Gasteiger partial charge in [-0.2, -0.15) is 0 Å². The van der Waals surface area contributed by atoms with E-state index in [1.54, 1.807) is 24.3 Å². The van der Waals surface area contributed by atoms with Gasteiger partial charge in [-0.1, -0.05) is 23.7 Å². The molecule has 154 valence electrons. The summed E-state index contributed by atoms with van der Waals surface area (Å²) < 4.78 is 7.86. The zero-order valence-electron chi connectivity index (χ0n) is 14.3. The number of H-pyrrole nitrogens is 1. The van der Waals surface area contributed by atoms with Gasteiger partial charge in [0.1, 0.15) is 18.0 Å². The number of rotatable bonds is 3. The molecular weight excluding hydrogens is 480 g/mol.